The molecule has 7 nitrogen and oxygen atoms in total. The van der Waals surface area contributed by atoms with Crippen molar-refractivity contribution in [3.8, 4) is 11.3 Å². The normalized spacial score (nSPS) is 13.7. The lowest BCUT2D eigenvalue weighted by Crippen LogP contribution is -2.15. The minimum atomic E-state index is -1.11. The summed E-state index contributed by atoms with van der Waals surface area (Å²) in [5, 5.41) is 4.64. The minimum absolute atomic E-state index is 0.0605. The molecule has 3 heterocycles. The van der Waals surface area contributed by atoms with Crippen LogP contribution in [-0.2, 0) is 11.3 Å². The van der Waals surface area contributed by atoms with Crippen molar-refractivity contribution in [2.45, 2.75) is 38.3 Å². The summed E-state index contributed by atoms with van der Waals surface area (Å²) in [7, 11) is 0. The van der Waals surface area contributed by atoms with Crippen molar-refractivity contribution in [1.29, 1.82) is 0 Å². The number of fused-ring (bicyclic) bond motifs is 1. The van der Waals surface area contributed by atoms with Crippen molar-refractivity contribution in [2.75, 3.05) is 13.3 Å². The molecule has 34 heavy (non-hydrogen) atoms. The first-order valence-electron chi connectivity index (χ1n) is 10.9. The van der Waals surface area contributed by atoms with Crippen LogP contribution in [0.25, 0.3) is 22.3 Å². The molecule has 1 aliphatic rings. The number of hydrogen-bond acceptors (Lipinski definition) is 6. The summed E-state index contributed by atoms with van der Waals surface area (Å²) >= 11 is 6.42. The Kier molecular flexibility index (Phi) is 6.03. The Morgan fingerprint density at radius 1 is 1.24 bits per heavy atom. The van der Waals surface area contributed by atoms with Gasteiger partial charge in [-0.2, -0.15) is 0 Å². The largest absolute Gasteiger partial charge is 0.457 e. The van der Waals surface area contributed by atoms with E-state index in [0.29, 0.717) is 22.4 Å². The van der Waals surface area contributed by atoms with Gasteiger partial charge in [-0.3, -0.25) is 0 Å². The van der Waals surface area contributed by atoms with Crippen molar-refractivity contribution >= 4 is 28.6 Å². The summed E-state index contributed by atoms with van der Waals surface area (Å²) in [4.78, 5) is 21.6. The van der Waals surface area contributed by atoms with E-state index in [1.165, 1.54) is 10.9 Å². The molecule has 0 spiro atoms. The van der Waals surface area contributed by atoms with E-state index < -0.39 is 25.4 Å². The van der Waals surface area contributed by atoms with Crippen LogP contribution in [0.15, 0.2) is 41.2 Å². The van der Waals surface area contributed by atoms with Gasteiger partial charge >= 0.3 is 5.97 Å². The highest BCUT2D eigenvalue weighted by molar-refractivity contribution is 6.35. The van der Waals surface area contributed by atoms with Crippen molar-refractivity contribution < 1.29 is 22.8 Å². The molecule has 176 valence electrons. The topological polar surface area (TPSA) is 83.0 Å². The summed E-state index contributed by atoms with van der Waals surface area (Å²) < 4.78 is 40.1. The molecule has 0 unspecified atom stereocenters. The maximum absolute atomic E-state index is 13.7. The van der Waals surface area contributed by atoms with Gasteiger partial charge in [0.25, 0.3) is 0 Å². The summed E-state index contributed by atoms with van der Waals surface area (Å²) in [5.74, 6) is -0.0954. The molecule has 0 atom stereocenters. The first kappa shape index (κ1) is 22.5. The monoisotopic (exact) mass is 486 g/mol. The number of aromatic nitrogens is 4. The highest BCUT2D eigenvalue weighted by Gasteiger charge is 2.38. The van der Waals surface area contributed by atoms with Gasteiger partial charge in [0.05, 0.1) is 11.4 Å². The smallest absolute Gasteiger partial charge is 0.344 e. The number of carbonyl (C=O) groups excluding carboxylic acids is 1. The first-order chi connectivity index (χ1) is 16.5. The predicted octanol–water partition coefficient (Wildman–Crippen LogP) is 5.76. The Balaban J connectivity index is 1.66. The van der Waals surface area contributed by atoms with Gasteiger partial charge in [-0.15, -0.1) is 0 Å². The lowest BCUT2D eigenvalue weighted by atomic mass is 10.0. The van der Waals surface area contributed by atoms with Crippen LogP contribution in [0, 0.1) is 6.92 Å². The molecule has 10 heteroatoms. The van der Waals surface area contributed by atoms with Crippen LogP contribution in [0.1, 0.15) is 52.2 Å². The fraction of sp³-hybridized carbons (Fsp3) is 0.333. The molecule has 0 bridgehead atoms. The van der Waals surface area contributed by atoms with Crippen molar-refractivity contribution in [3.63, 3.8) is 0 Å². The summed E-state index contributed by atoms with van der Waals surface area (Å²) in [6.07, 6.45) is 2.96. The van der Waals surface area contributed by atoms with E-state index in [0.717, 1.165) is 18.4 Å². The summed E-state index contributed by atoms with van der Waals surface area (Å²) in [6.45, 7) is -0.137. The third-order valence-electron chi connectivity index (χ3n) is 6.02. The molecule has 0 amide bonds. The second-order valence-electron chi connectivity index (χ2n) is 8.26. The van der Waals surface area contributed by atoms with Gasteiger partial charge in [0.1, 0.15) is 48.3 Å². The molecule has 1 aliphatic carbocycles. The fourth-order valence-corrected chi connectivity index (χ4v) is 4.44. The number of hydrogen-bond donors (Lipinski definition) is 0. The lowest BCUT2D eigenvalue weighted by Gasteiger charge is -2.15. The Labute approximate surface area is 198 Å². The molecule has 1 saturated carbocycles. The number of halogens is 3. The Hall–Kier alpha value is -3.33. The van der Waals surface area contributed by atoms with Crippen LogP contribution in [0.2, 0.25) is 5.15 Å². The van der Waals surface area contributed by atoms with E-state index in [4.69, 9.17) is 20.9 Å². The number of esters is 1. The Morgan fingerprint density at radius 3 is 2.65 bits per heavy atom. The average molecular weight is 487 g/mol. The number of benzene rings is 1. The molecule has 0 saturated heterocycles. The zero-order valence-corrected chi connectivity index (χ0v) is 19.1. The maximum Gasteiger partial charge on any atom is 0.344 e. The lowest BCUT2D eigenvalue weighted by molar-refractivity contribution is 0.0471. The molecule has 1 fully saturated rings. The molecule has 4 aromatic rings. The minimum Gasteiger partial charge on any atom is -0.457 e. The second kappa shape index (κ2) is 9.13. The SMILES string of the molecule is Cc1c(-c2noc(C3CC3)c2C(=O)OCc2ccccc2)c2c(Cl)ncnc2n1C(CF)CF. The quantitative estimate of drug-likeness (QED) is 0.232. The molecule has 0 aliphatic heterocycles. The van der Waals surface area contributed by atoms with E-state index >= 15 is 0 Å². The zero-order chi connectivity index (χ0) is 23.8. The standard InChI is InChI=1S/C24H21ClF2N4O3/c1-13-17(18-22(25)28-12-29-23(18)31(13)16(9-26)10-27)20-19(21(34-30-20)15-7-8-15)24(32)33-11-14-5-3-2-4-6-14/h2-6,12,15-16H,7-11H2,1H3. The Bertz CT molecular complexity index is 1350. The van der Waals surface area contributed by atoms with Crippen LogP contribution in [0.3, 0.4) is 0 Å². The second-order valence-corrected chi connectivity index (χ2v) is 8.62. The molecule has 1 aromatic carbocycles. The van der Waals surface area contributed by atoms with Crippen LogP contribution in [0.5, 0.6) is 0 Å². The van der Waals surface area contributed by atoms with Gasteiger partial charge in [-0.05, 0) is 25.3 Å². The van der Waals surface area contributed by atoms with Crippen molar-refractivity contribution in [1.82, 2.24) is 19.7 Å². The first-order valence-corrected chi connectivity index (χ1v) is 11.3. The number of alkyl halides is 2. The predicted molar refractivity (Wildman–Crippen MR) is 121 cm³/mol. The van der Waals surface area contributed by atoms with Gasteiger partial charge < -0.3 is 13.8 Å². The molecule has 5 rings (SSSR count). The van der Waals surface area contributed by atoms with E-state index in [-0.39, 0.29) is 34.6 Å². The Morgan fingerprint density at radius 2 is 1.97 bits per heavy atom. The van der Waals surface area contributed by atoms with Gasteiger partial charge in [-0.25, -0.2) is 23.5 Å². The van der Waals surface area contributed by atoms with Crippen LogP contribution in [-0.4, -0.2) is 39.0 Å². The molecular weight excluding hydrogens is 466 g/mol. The number of rotatable bonds is 8. The third-order valence-corrected chi connectivity index (χ3v) is 6.31. The molecule has 0 radical (unpaired) electrons. The summed E-state index contributed by atoms with van der Waals surface area (Å²) in [5.41, 5.74) is 2.33. The maximum atomic E-state index is 13.7. The number of carbonyl (C=O) groups is 1. The number of ether oxygens (including phenoxy) is 1. The van der Waals surface area contributed by atoms with Crippen LogP contribution >= 0.6 is 11.6 Å². The van der Waals surface area contributed by atoms with E-state index in [1.807, 2.05) is 30.3 Å². The zero-order valence-electron chi connectivity index (χ0n) is 18.3. The van der Waals surface area contributed by atoms with Crippen molar-refractivity contribution in [2.24, 2.45) is 0 Å². The fourth-order valence-electron chi connectivity index (χ4n) is 4.22. The van der Waals surface area contributed by atoms with Crippen LogP contribution in [0.4, 0.5) is 8.78 Å². The number of nitrogens with zero attached hydrogens (tertiary/aromatic N) is 4. The average Bonchev–Trinajstić information content (AvgIpc) is 3.54. The van der Waals surface area contributed by atoms with Crippen LogP contribution < -0.4 is 0 Å². The van der Waals surface area contributed by atoms with Crippen molar-refractivity contribution in [3.05, 3.63) is 64.4 Å². The molecule has 3 aromatic heterocycles. The molecule has 0 N–H and O–H groups in total. The van der Waals surface area contributed by atoms with E-state index in [2.05, 4.69) is 15.1 Å². The van der Waals surface area contributed by atoms with E-state index in [1.54, 1.807) is 6.92 Å². The van der Waals surface area contributed by atoms with Gasteiger partial charge in [0, 0.05) is 17.2 Å². The van der Waals surface area contributed by atoms with Gasteiger partial charge in [0.15, 0.2) is 5.76 Å². The summed E-state index contributed by atoms with van der Waals surface area (Å²) in [6, 6.07) is 8.19. The van der Waals surface area contributed by atoms with E-state index in [9.17, 15) is 13.6 Å². The van der Waals surface area contributed by atoms with Gasteiger partial charge in [0.2, 0.25) is 0 Å². The highest BCUT2D eigenvalue weighted by Crippen LogP contribution is 2.46. The van der Waals surface area contributed by atoms with Gasteiger partial charge in [-0.1, -0.05) is 47.1 Å². The molecular formula is C24H21ClF2N4O3. The third kappa shape index (κ3) is 3.83. The highest BCUT2D eigenvalue weighted by atomic mass is 35.5.